The van der Waals surface area contributed by atoms with Gasteiger partial charge in [0.05, 0.1) is 7.11 Å². The van der Waals surface area contributed by atoms with Crippen molar-refractivity contribution in [1.82, 2.24) is 5.32 Å². The summed E-state index contributed by atoms with van der Waals surface area (Å²) in [7, 11) is 1.57. The Bertz CT molecular complexity index is 821. The highest BCUT2D eigenvalue weighted by molar-refractivity contribution is 5.95. The number of nitrogens with zero attached hydrogens (tertiary/aromatic N) is 1. The highest BCUT2D eigenvalue weighted by atomic mass is 16.7. The van der Waals surface area contributed by atoms with E-state index in [4.69, 9.17) is 14.2 Å². The van der Waals surface area contributed by atoms with Crippen molar-refractivity contribution in [2.75, 3.05) is 31.9 Å². The number of carbonyl (C=O) groups is 2. The molecule has 2 aromatic carbocycles. The summed E-state index contributed by atoms with van der Waals surface area (Å²) in [6.07, 6.45) is 0. The van der Waals surface area contributed by atoms with Gasteiger partial charge in [-0.05, 0) is 30.3 Å². The van der Waals surface area contributed by atoms with Gasteiger partial charge >= 0.3 is 0 Å². The molecule has 7 nitrogen and oxygen atoms in total. The number of ether oxygens (including phenoxy) is 3. The number of benzene rings is 2. The zero-order valence-corrected chi connectivity index (χ0v) is 14.7. The lowest BCUT2D eigenvalue weighted by atomic mass is 10.2. The Morgan fingerprint density at radius 1 is 1.15 bits per heavy atom. The van der Waals surface area contributed by atoms with E-state index < -0.39 is 0 Å². The van der Waals surface area contributed by atoms with Crippen molar-refractivity contribution in [1.29, 1.82) is 0 Å². The van der Waals surface area contributed by atoms with Crippen molar-refractivity contribution < 1.29 is 23.8 Å². The second kappa shape index (κ2) is 7.77. The molecule has 1 heterocycles. The lowest BCUT2D eigenvalue weighted by molar-refractivity contribution is -0.116. The van der Waals surface area contributed by atoms with Gasteiger partial charge in [0.1, 0.15) is 5.75 Å². The summed E-state index contributed by atoms with van der Waals surface area (Å²) >= 11 is 0. The Morgan fingerprint density at radius 2 is 1.96 bits per heavy atom. The highest BCUT2D eigenvalue weighted by Gasteiger charge is 2.17. The lowest BCUT2D eigenvalue weighted by Gasteiger charge is -2.22. The van der Waals surface area contributed by atoms with E-state index in [9.17, 15) is 9.59 Å². The Morgan fingerprint density at radius 3 is 2.73 bits per heavy atom. The molecular weight excluding hydrogens is 336 g/mol. The second-order valence-corrected chi connectivity index (χ2v) is 5.70. The third-order valence-electron chi connectivity index (χ3n) is 4.00. The molecule has 136 valence electrons. The number of nitrogens with one attached hydrogen (secondary N) is 1. The van der Waals surface area contributed by atoms with E-state index >= 15 is 0 Å². The number of hydrogen-bond donors (Lipinski definition) is 1. The summed E-state index contributed by atoms with van der Waals surface area (Å²) in [5, 5.41) is 2.81. The topological polar surface area (TPSA) is 77.1 Å². The van der Waals surface area contributed by atoms with E-state index in [-0.39, 0.29) is 18.6 Å². The van der Waals surface area contributed by atoms with Crippen LogP contribution in [0.2, 0.25) is 0 Å². The highest BCUT2D eigenvalue weighted by Crippen LogP contribution is 2.32. The van der Waals surface area contributed by atoms with E-state index in [1.54, 1.807) is 36.3 Å². The first-order valence-electron chi connectivity index (χ1n) is 8.18. The maximum absolute atomic E-state index is 12.3. The first-order chi connectivity index (χ1) is 12.6. The fourth-order valence-electron chi connectivity index (χ4n) is 2.67. The molecule has 0 radical (unpaired) electrons. The maximum atomic E-state index is 12.3. The van der Waals surface area contributed by atoms with Gasteiger partial charge in [-0.25, -0.2) is 0 Å². The van der Waals surface area contributed by atoms with Crippen molar-refractivity contribution in [2.24, 2.45) is 0 Å². The fraction of sp³-hybridized carbons (Fsp3) is 0.263. The fourth-order valence-corrected chi connectivity index (χ4v) is 2.67. The molecule has 0 bridgehead atoms. The zero-order chi connectivity index (χ0) is 18.5. The normalized spacial score (nSPS) is 11.8. The molecule has 0 unspecified atom stereocenters. The summed E-state index contributed by atoms with van der Waals surface area (Å²) < 4.78 is 15.7. The van der Waals surface area contributed by atoms with Crippen LogP contribution < -0.4 is 24.4 Å². The van der Waals surface area contributed by atoms with Crippen LogP contribution in [0.5, 0.6) is 17.2 Å². The number of amides is 2. The van der Waals surface area contributed by atoms with Gasteiger partial charge in [-0.1, -0.05) is 6.07 Å². The number of fused-ring (bicyclic) bond motifs is 1. The quantitative estimate of drug-likeness (QED) is 0.859. The van der Waals surface area contributed by atoms with Crippen LogP contribution in [-0.4, -0.2) is 38.8 Å². The molecule has 0 aromatic heterocycles. The van der Waals surface area contributed by atoms with Crippen LogP contribution in [0.1, 0.15) is 17.3 Å². The summed E-state index contributed by atoms with van der Waals surface area (Å²) in [4.78, 5) is 25.8. The Hall–Kier alpha value is -3.22. The molecule has 2 amide bonds. The van der Waals surface area contributed by atoms with Gasteiger partial charge in [0.2, 0.25) is 12.7 Å². The Balaban J connectivity index is 1.61. The smallest absolute Gasteiger partial charge is 0.251 e. The SMILES string of the molecule is COc1cccc(N(CCNC(=O)c2ccc3c(c2)OCO3)C(C)=O)c1. The minimum atomic E-state index is -0.238. The molecule has 1 aliphatic rings. The van der Waals surface area contributed by atoms with Crippen LogP contribution in [0.3, 0.4) is 0 Å². The van der Waals surface area contributed by atoms with E-state index in [0.29, 0.717) is 41.6 Å². The third kappa shape index (κ3) is 3.88. The van der Waals surface area contributed by atoms with Crippen molar-refractivity contribution in [3.63, 3.8) is 0 Å². The first-order valence-corrected chi connectivity index (χ1v) is 8.18. The van der Waals surface area contributed by atoms with Crippen LogP contribution >= 0.6 is 0 Å². The standard InChI is InChI=1S/C19H20N2O5/c1-13(22)21(15-4-3-5-16(11-15)24-2)9-8-20-19(23)14-6-7-17-18(10-14)26-12-25-17/h3-7,10-11H,8-9,12H2,1-2H3,(H,20,23). The zero-order valence-electron chi connectivity index (χ0n) is 14.7. The average molecular weight is 356 g/mol. The van der Waals surface area contributed by atoms with Gasteiger partial charge in [0.15, 0.2) is 11.5 Å². The van der Waals surface area contributed by atoms with Gasteiger partial charge < -0.3 is 24.4 Å². The second-order valence-electron chi connectivity index (χ2n) is 5.70. The predicted octanol–water partition coefficient (Wildman–Crippen LogP) is 2.21. The molecular formula is C19H20N2O5. The van der Waals surface area contributed by atoms with Crippen molar-refractivity contribution >= 4 is 17.5 Å². The molecule has 7 heteroatoms. The molecule has 0 aliphatic carbocycles. The van der Waals surface area contributed by atoms with Gasteiger partial charge in [0.25, 0.3) is 5.91 Å². The summed E-state index contributed by atoms with van der Waals surface area (Å²) in [6, 6.07) is 12.2. The molecule has 1 aliphatic heterocycles. The van der Waals surface area contributed by atoms with E-state index in [1.165, 1.54) is 6.92 Å². The minimum absolute atomic E-state index is 0.115. The minimum Gasteiger partial charge on any atom is -0.497 e. The van der Waals surface area contributed by atoms with Crippen molar-refractivity contribution in [3.8, 4) is 17.2 Å². The van der Waals surface area contributed by atoms with Crippen LogP contribution in [-0.2, 0) is 4.79 Å². The number of rotatable bonds is 6. The number of methoxy groups -OCH3 is 1. The molecule has 26 heavy (non-hydrogen) atoms. The van der Waals surface area contributed by atoms with Crippen molar-refractivity contribution in [3.05, 3.63) is 48.0 Å². The largest absolute Gasteiger partial charge is 0.497 e. The summed E-state index contributed by atoms with van der Waals surface area (Å²) in [6.45, 7) is 2.30. The maximum Gasteiger partial charge on any atom is 0.251 e. The molecule has 0 fully saturated rings. The molecule has 0 saturated heterocycles. The first kappa shape index (κ1) is 17.6. The molecule has 0 atom stereocenters. The van der Waals surface area contributed by atoms with E-state index in [1.807, 2.05) is 18.2 Å². The third-order valence-corrected chi connectivity index (χ3v) is 4.00. The summed E-state index contributed by atoms with van der Waals surface area (Å²) in [5.74, 6) is 1.49. The van der Waals surface area contributed by atoms with Crippen molar-refractivity contribution in [2.45, 2.75) is 6.92 Å². The van der Waals surface area contributed by atoms with E-state index in [2.05, 4.69) is 5.32 Å². The van der Waals surface area contributed by atoms with Crippen LogP contribution in [0, 0.1) is 0 Å². The van der Waals surface area contributed by atoms with Crippen LogP contribution in [0.4, 0.5) is 5.69 Å². The molecule has 1 N–H and O–H groups in total. The monoisotopic (exact) mass is 356 g/mol. The summed E-state index contributed by atoms with van der Waals surface area (Å²) in [5.41, 5.74) is 1.19. The molecule has 3 rings (SSSR count). The number of hydrogen-bond acceptors (Lipinski definition) is 5. The Kier molecular flexibility index (Phi) is 5.26. The molecule has 0 saturated carbocycles. The predicted molar refractivity (Wildman–Crippen MR) is 95.9 cm³/mol. The van der Waals surface area contributed by atoms with Gasteiger partial charge in [-0.2, -0.15) is 0 Å². The van der Waals surface area contributed by atoms with Crippen LogP contribution in [0.15, 0.2) is 42.5 Å². The van der Waals surface area contributed by atoms with Gasteiger partial charge in [-0.15, -0.1) is 0 Å². The van der Waals surface area contributed by atoms with Crippen LogP contribution in [0.25, 0.3) is 0 Å². The Labute approximate surface area is 151 Å². The molecule has 0 spiro atoms. The van der Waals surface area contributed by atoms with Gasteiger partial charge in [0, 0.05) is 37.3 Å². The average Bonchev–Trinajstić information content (AvgIpc) is 3.12. The number of anilines is 1. The number of carbonyl (C=O) groups excluding carboxylic acids is 2. The molecule has 2 aromatic rings. The van der Waals surface area contributed by atoms with Gasteiger partial charge in [-0.3, -0.25) is 9.59 Å². The van der Waals surface area contributed by atoms with E-state index in [0.717, 1.165) is 0 Å². The lowest BCUT2D eigenvalue weighted by Crippen LogP contribution is -2.37.